The number of nitrogens with zero attached hydrogens (tertiary/aromatic N) is 2. The van der Waals surface area contributed by atoms with E-state index in [1.807, 2.05) is 0 Å². The minimum Gasteiger partial charge on any atom is -0.470 e. The van der Waals surface area contributed by atoms with E-state index in [9.17, 15) is 4.79 Å². The maximum atomic E-state index is 10.4. The average molecular weight is 152 g/mol. The molecule has 4 nitrogen and oxygen atoms in total. The number of Topliss-reactive ketones (excluding diaryl/α,β-unsaturated/α-hetero) is 1. The van der Waals surface area contributed by atoms with Gasteiger partial charge in [-0.1, -0.05) is 0 Å². The normalized spacial score (nSPS) is 9.18. The largest absolute Gasteiger partial charge is 0.470 e. The van der Waals surface area contributed by atoms with Gasteiger partial charge in [0.2, 0.25) is 5.88 Å². The van der Waals surface area contributed by atoms with Crippen molar-refractivity contribution in [2.75, 3.05) is 6.61 Å². The number of carbonyl (C=O) groups is 1. The molecule has 0 radical (unpaired) electrons. The summed E-state index contributed by atoms with van der Waals surface area (Å²) in [7, 11) is 0. The molecule has 0 unspecified atom stereocenters. The topological polar surface area (TPSA) is 52.1 Å². The molecule has 0 saturated carbocycles. The minimum atomic E-state index is -0.0244. The lowest BCUT2D eigenvalue weighted by atomic mass is 10.5. The minimum absolute atomic E-state index is 0.0244. The summed E-state index contributed by atoms with van der Waals surface area (Å²) in [6, 6.07) is 1.60. The van der Waals surface area contributed by atoms with Gasteiger partial charge in [-0.2, -0.15) is 0 Å². The van der Waals surface area contributed by atoms with E-state index in [0.29, 0.717) is 5.88 Å². The van der Waals surface area contributed by atoms with E-state index >= 15 is 0 Å². The first-order valence-electron chi connectivity index (χ1n) is 3.17. The smallest absolute Gasteiger partial charge is 0.216 e. The molecule has 58 valence electrons. The summed E-state index contributed by atoms with van der Waals surface area (Å²) in [6.07, 6.45) is 2.93. The predicted molar refractivity (Wildman–Crippen MR) is 38.2 cm³/mol. The Hall–Kier alpha value is -1.45. The highest BCUT2D eigenvalue weighted by Crippen LogP contribution is 2.00. The molecule has 0 aliphatic rings. The molecule has 1 rings (SSSR count). The number of carbonyl (C=O) groups excluding carboxylic acids is 1. The zero-order valence-corrected chi connectivity index (χ0v) is 6.15. The Balaban J connectivity index is 2.45. The number of ketones is 1. The van der Waals surface area contributed by atoms with E-state index in [1.165, 1.54) is 13.3 Å². The van der Waals surface area contributed by atoms with Crippen LogP contribution in [0.1, 0.15) is 6.92 Å². The Labute approximate surface area is 64.2 Å². The van der Waals surface area contributed by atoms with Gasteiger partial charge in [-0.3, -0.25) is 4.79 Å². The lowest BCUT2D eigenvalue weighted by Crippen LogP contribution is -2.07. The number of ether oxygens (including phenoxy) is 1. The van der Waals surface area contributed by atoms with Crippen molar-refractivity contribution in [3.05, 3.63) is 18.6 Å². The molecule has 0 fully saturated rings. The van der Waals surface area contributed by atoms with Gasteiger partial charge in [0.05, 0.1) is 0 Å². The Morgan fingerprint density at radius 1 is 1.73 bits per heavy atom. The van der Waals surface area contributed by atoms with Crippen molar-refractivity contribution in [2.24, 2.45) is 0 Å². The van der Waals surface area contributed by atoms with Crippen LogP contribution in [0.3, 0.4) is 0 Å². The van der Waals surface area contributed by atoms with Crippen LogP contribution in [0.25, 0.3) is 0 Å². The fourth-order valence-electron chi connectivity index (χ4n) is 0.540. The van der Waals surface area contributed by atoms with Crippen molar-refractivity contribution in [3.8, 4) is 5.88 Å². The van der Waals surface area contributed by atoms with Crippen LogP contribution >= 0.6 is 0 Å². The second-order valence-corrected chi connectivity index (χ2v) is 2.04. The van der Waals surface area contributed by atoms with Gasteiger partial charge in [0.15, 0.2) is 5.78 Å². The van der Waals surface area contributed by atoms with Crippen LogP contribution in [-0.2, 0) is 4.79 Å². The Morgan fingerprint density at radius 2 is 2.55 bits per heavy atom. The van der Waals surface area contributed by atoms with Gasteiger partial charge in [-0.05, 0) is 6.92 Å². The second-order valence-electron chi connectivity index (χ2n) is 2.04. The predicted octanol–water partition coefficient (Wildman–Crippen LogP) is 0.444. The summed E-state index contributed by atoms with van der Waals surface area (Å²) >= 11 is 0. The first-order valence-corrected chi connectivity index (χ1v) is 3.17. The van der Waals surface area contributed by atoms with E-state index in [-0.39, 0.29) is 12.4 Å². The van der Waals surface area contributed by atoms with Crippen molar-refractivity contribution < 1.29 is 9.53 Å². The van der Waals surface area contributed by atoms with Crippen molar-refractivity contribution in [1.82, 2.24) is 9.97 Å². The molecular weight excluding hydrogens is 144 g/mol. The maximum Gasteiger partial charge on any atom is 0.216 e. The second kappa shape index (κ2) is 3.65. The molecule has 0 spiro atoms. The Bertz CT molecular complexity index is 235. The monoisotopic (exact) mass is 152 g/mol. The summed E-state index contributed by atoms with van der Waals surface area (Å²) in [5.41, 5.74) is 0. The van der Waals surface area contributed by atoms with Crippen LogP contribution in [0.15, 0.2) is 18.6 Å². The summed E-state index contributed by atoms with van der Waals surface area (Å²) in [4.78, 5) is 17.9. The molecule has 1 aromatic heterocycles. The fourth-order valence-corrected chi connectivity index (χ4v) is 0.540. The molecule has 4 heteroatoms. The zero-order valence-electron chi connectivity index (χ0n) is 6.15. The van der Waals surface area contributed by atoms with Crippen LogP contribution in [0, 0.1) is 0 Å². The highest BCUT2D eigenvalue weighted by Gasteiger charge is 1.95. The SMILES string of the molecule is CC(=O)COc1ccncn1. The quantitative estimate of drug-likeness (QED) is 0.630. The molecule has 1 aromatic rings. The van der Waals surface area contributed by atoms with Crippen LogP contribution < -0.4 is 4.74 Å². The molecule has 0 atom stereocenters. The van der Waals surface area contributed by atoms with E-state index in [1.54, 1.807) is 12.3 Å². The highest BCUT2D eigenvalue weighted by molar-refractivity contribution is 5.76. The number of hydrogen-bond acceptors (Lipinski definition) is 4. The van der Waals surface area contributed by atoms with Gasteiger partial charge in [0, 0.05) is 12.3 Å². The van der Waals surface area contributed by atoms with Crippen LogP contribution in [0.5, 0.6) is 5.88 Å². The number of rotatable bonds is 3. The van der Waals surface area contributed by atoms with Crippen LogP contribution in [0.2, 0.25) is 0 Å². The summed E-state index contributed by atoms with van der Waals surface area (Å²) in [6.45, 7) is 1.53. The van der Waals surface area contributed by atoms with Gasteiger partial charge >= 0.3 is 0 Å². The first kappa shape index (κ1) is 7.65. The summed E-state index contributed by atoms with van der Waals surface area (Å²) in [5, 5.41) is 0. The molecule has 11 heavy (non-hydrogen) atoms. The lowest BCUT2D eigenvalue weighted by Gasteiger charge is -1.99. The van der Waals surface area contributed by atoms with Gasteiger partial charge in [-0.15, -0.1) is 0 Å². The number of aromatic nitrogens is 2. The Morgan fingerprint density at radius 3 is 3.09 bits per heavy atom. The van der Waals surface area contributed by atoms with Crippen LogP contribution in [-0.4, -0.2) is 22.4 Å². The van der Waals surface area contributed by atoms with Gasteiger partial charge < -0.3 is 4.74 Å². The molecule has 0 aliphatic heterocycles. The van der Waals surface area contributed by atoms with E-state index in [4.69, 9.17) is 4.74 Å². The van der Waals surface area contributed by atoms with Crippen molar-refractivity contribution in [3.63, 3.8) is 0 Å². The van der Waals surface area contributed by atoms with Crippen LogP contribution in [0.4, 0.5) is 0 Å². The third-order valence-corrected chi connectivity index (χ3v) is 0.978. The van der Waals surface area contributed by atoms with Crippen molar-refractivity contribution in [2.45, 2.75) is 6.92 Å². The third kappa shape index (κ3) is 2.75. The summed E-state index contributed by atoms with van der Waals surface area (Å²) < 4.78 is 4.97. The van der Waals surface area contributed by atoms with Gasteiger partial charge in [0.25, 0.3) is 0 Å². The molecule has 0 N–H and O–H groups in total. The standard InChI is InChI=1S/C7H8N2O2/c1-6(10)4-11-7-2-3-8-5-9-7/h2-3,5H,4H2,1H3. The molecule has 0 saturated heterocycles. The molecule has 0 aromatic carbocycles. The number of hydrogen-bond donors (Lipinski definition) is 0. The molecular formula is C7H8N2O2. The zero-order chi connectivity index (χ0) is 8.10. The lowest BCUT2D eigenvalue weighted by molar-refractivity contribution is -0.119. The van der Waals surface area contributed by atoms with Crippen molar-refractivity contribution >= 4 is 5.78 Å². The first-order chi connectivity index (χ1) is 5.29. The molecule has 0 bridgehead atoms. The average Bonchev–Trinajstić information content (AvgIpc) is 2.03. The maximum absolute atomic E-state index is 10.4. The van der Waals surface area contributed by atoms with Gasteiger partial charge in [0.1, 0.15) is 12.9 Å². The van der Waals surface area contributed by atoms with E-state index in [0.717, 1.165) is 0 Å². The van der Waals surface area contributed by atoms with E-state index in [2.05, 4.69) is 9.97 Å². The highest BCUT2D eigenvalue weighted by atomic mass is 16.5. The van der Waals surface area contributed by atoms with E-state index < -0.39 is 0 Å². The fraction of sp³-hybridized carbons (Fsp3) is 0.286. The van der Waals surface area contributed by atoms with Crippen molar-refractivity contribution in [1.29, 1.82) is 0 Å². The Kier molecular flexibility index (Phi) is 2.54. The summed E-state index contributed by atoms with van der Waals surface area (Å²) in [5.74, 6) is 0.402. The van der Waals surface area contributed by atoms with Gasteiger partial charge in [-0.25, -0.2) is 9.97 Å². The molecule has 0 amide bonds. The molecule has 0 aliphatic carbocycles. The molecule has 1 heterocycles. The third-order valence-electron chi connectivity index (χ3n) is 0.978.